The van der Waals surface area contributed by atoms with Gasteiger partial charge in [-0.15, -0.1) is 24.0 Å². The summed E-state index contributed by atoms with van der Waals surface area (Å²) in [5.41, 5.74) is 7.97. The molecule has 0 amide bonds. The van der Waals surface area contributed by atoms with E-state index in [1.54, 1.807) is 7.11 Å². The Hall–Kier alpha value is -1.96. The molecule has 0 aliphatic rings. The molecular formula is C20H28IN3O2. The van der Waals surface area contributed by atoms with Crippen molar-refractivity contribution in [3.8, 4) is 11.5 Å². The molecule has 0 aliphatic heterocycles. The molecule has 6 heteroatoms. The number of anilines is 1. The number of para-hydroxylation sites is 1. The lowest BCUT2D eigenvalue weighted by molar-refractivity contribution is 0.319. The summed E-state index contributed by atoms with van der Waals surface area (Å²) < 4.78 is 11.1. The van der Waals surface area contributed by atoms with Gasteiger partial charge in [0.2, 0.25) is 0 Å². The van der Waals surface area contributed by atoms with Crippen LogP contribution in [0, 0.1) is 0 Å². The van der Waals surface area contributed by atoms with Crippen LogP contribution in [-0.2, 0) is 5.41 Å². The molecule has 0 saturated heterocycles. The molecule has 2 aromatic carbocycles. The molecule has 0 saturated carbocycles. The average Bonchev–Trinajstić information content (AvgIpc) is 2.58. The number of nitrogens with zero attached hydrogens (tertiary/aromatic N) is 1. The van der Waals surface area contributed by atoms with E-state index in [2.05, 4.69) is 37.1 Å². The number of aliphatic imine (C=N–C) groups is 1. The average molecular weight is 469 g/mol. The number of nitrogens with one attached hydrogen (secondary N) is 1. The zero-order valence-corrected chi connectivity index (χ0v) is 18.1. The number of methoxy groups -OCH3 is 1. The number of hydrogen-bond donors (Lipinski definition) is 2. The molecule has 0 bridgehead atoms. The van der Waals surface area contributed by atoms with E-state index < -0.39 is 0 Å². The maximum Gasteiger partial charge on any atom is 0.193 e. The molecule has 2 aromatic rings. The first-order valence-corrected chi connectivity index (χ1v) is 8.33. The Morgan fingerprint density at radius 3 is 2.54 bits per heavy atom. The largest absolute Gasteiger partial charge is 0.497 e. The SMILES string of the molecule is COc1cccc(NC(N)=NCCOc2ccccc2C(C)(C)C)c1.I. The minimum atomic E-state index is 0. The number of hydrogen-bond acceptors (Lipinski definition) is 3. The summed E-state index contributed by atoms with van der Waals surface area (Å²) in [5.74, 6) is 2.01. The van der Waals surface area contributed by atoms with E-state index in [-0.39, 0.29) is 29.4 Å². The fourth-order valence-electron chi connectivity index (χ4n) is 2.42. The van der Waals surface area contributed by atoms with Gasteiger partial charge < -0.3 is 20.5 Å². The molecule has 0 unspecified atom stereocenters. The molecule has 5 nitrogen and oxygen atoms in total. The molecule has 0 fully saturated rings. The molecule has 3 N–H and O–H groups in total. The Labute approximate surface area is 173 Å². The van der Waals surface area contributed by atoms with Crippen LogP contribution >= 0.6 is 24.0 Å². The van der Waals surface area contributed by atoms with Crippen LogP contribution in [0.4, 0.5) is 5.69 Å². The number of guanidine groups is 1. The van der Waals surface area contributed by atoms with Gasteiger partial charge in [0.25, 0.3) is 0 Å². The summed E-state index contributed by atoms with van der Waals surface area (Å²) >= 11 is 0. The van der Waals surface area contributed by atoms with Crippen molar-refractivity contribution >= 4 is 35.6 Å². The highest BCUT2D eigenvalue weighted by Gasteiger charge is 2.18. The van der Waals surface area contributed by atoms with Crippen molar-refractivity contribution in [3.63, 3.8) is 0 Å². The van der Waals surface area contributed by atoms with E-state index in [1.165, 1.54) is 5.56 Å². The molecule has 142 valence electrons. The Kier molecular flexibility index (Phi) is 8.71. The molecule has 0 aliphatic carbocycles. The van der Waals surface area contributed by atoms with Gasteiger partial charge in [-0.1, -0.05) is 45.0 Å². The monoisotopic (exact) mass is 469 g/mol. The highest BCUT2D eigenvalue weighted by atomic mass is 127. The first-order valence-electron chi connectivity index (χ1n) is 8.33. The van der Waals surface area contributed by atoms with E-state index in [9.17, 15) is 0 Å². The van der Waals surface area contributed by atoms with Gasteiger partial charge in [-0.25, -0.2) is 4.99 Å². The molecule has 26 heavy (non-hydrogen) atoms. The highest BCUT2D eigenvalue weighted by molar-refractivity contribution is 14.0. The predicted molar refractivity (Wildman–Crippen MR) is 119 cm³/mol. The van der Waals surface area contributed by atoms with Gasteiger partial charge in [0.15, 0.2) is 5.96 Å². The maximum absolute atomic E-state index is 5.92. The summed E-state index contributed by atoms with van der Waals surface area (Å²) in [6.45, 7) is 7.45. The first kappa shape index (κ1) is 22.1. The lowest BCUT2D eigenvalue weighted by Crippen LogP contribution is -2.23. The van der Waals surface area contributed by atoms with Crippen LogP contribution < -0.4 is 20.5 Å². The van der Waals surface area contributed by atoms with Gasteiger partial charge >= 0.3 is 0 Å². The lowest BCUT2D eigenvalue weighted by Gasteiger charge is -2.22. The Morgan fingerprint density at radius 1 is 1.12 bits per heavy atom. The van der Waals surface area contributed by atoms with Crippen molar-refractivity contribution in [1.29, 1.82) is 0 Å². The van der Waals surface area contributed by atoms with Crippen molar-refractivity contribution in [2.75, 3.05) is 25.6 Å². The number of halogens is 1. The number of ether oxygens (including phenoxy) is 2. The summed E-state index contributed by atoms with van der Waals surface area (Å²) in [6.07, 6.45) is 0. The molecule has 0 radical (unpaired) electrons. The second kappa shape index (κ2) is 10.3. The fraction of sp³-hybridized carbons (Fsp3) is 0.350. The maximum atomic E-state index is 5.92. The Bertz CT molecular complexity index is 727. The molecule has 0 aromatic heterocycles. The Morgan fingerprint density at radius 2 is 1.85 bits per heavy atom. The number of benzene rings is 2. The second-order valence-electron chi connectivity index (χ2n) is 6.72. The van der Waals surface area contributed by atoms with Gasteiger partial charge in [0.05, 0.1) is 13.7 Å². The number of rotatable bonds is 6. The normalized spacial score (nSPS) is 11.5. The van der Waals surface area contributed by atoms with Crippen LogP contribution in [0.25, 0.3) is 0 Å². The fourth-order valence-corrected chi connectivity index (χ4v) is 2.42. The van der Waals surface area contributed by atoms with Crippen molar-refractivity contribution < 1.29 is 9.47 Å². The van der Waals surface area contributed by atoms with E-state index in [0.717, 1.165) is 17.2 Å². The van der Waals surface area contributed by atoms with E-state index in [4.69, 9.17) is 15.2 Å². The standard InChI is InChI=1S/C20H27N3O2.HI/c1-20(2,3)17-10-5-6-11-18(17)25-13-12-22-19(21)23-15-8-7-9-16(14-15)24-4;/h5-11,14H,12-13H2,1-4H3,(H3,21,22,23);1H. The highest BCUT2D eigenvalue weighted by Crippen LogP contribution is 2.30. The van der Waals surface area contributed by atoms with E-state index in [1.807, 2.05) is 42.5 Å². The van der Waals surface area contributed by atoms with Gasteiger partial charge in [0.1, 0.15) is 18.1 Å². The van der Waals surface area contributed by atoms with E-state index in [0.29, 0.717) is 19.1 Å². The minimum Gasteiger partial charge on any atom is -0.497 e. The first-order chi connectivity index (χ1) is 11.9. The van der Waals surface area contributed by atoms with Gasteiger partial charge in [-0.3, -0.25) is 0 Å². The predicted octanol–water partition coefficient (Wildman–Crippen LogP) is 4.42. The van der Waals surface area contributed by atoms with Crippen LogP contribution in [-0.4, -0.2) is 26.2 Å². The summed E-state index contributed by atoms with van der Waals surface area (Å²) in [4.78, 5) is 4.30. The minimum absolute atomic E-state index is 0. The Balaban J connectivity index is 0.00000338. The van der Waals surface area contributed by atoms with Crippen molar-refractivity contribution in [3.05, 3.63) is 54.1 Å². The van der Waals surface area contributed by atoms with Crippen LogP contribution in [0.15, 0.2) is 53.5 Å². The van der Waals surface area contributed by atoms with Gasteiger partial charge in [-0.2, -0.15) is 0 Å². The third kappa shape index (κ3) is 6.74. The smallest absolute Gasteiger partial charge is 0.193 e. The molecule has 0 spiro atoms. The molecule has 0 atom stereocenters. The van der Waals surface area contributed by atoms with Gasteiger partial charge in [0, 0.05) is 11.8 Å². The third-order valence-electron chi connectivity index (χ3n) is 3.67. The molecular weight excluding hydrogens is 441 g/mol. The third-order valence-corrected chi connectivity index (χ3v) is 3.67. The summed E-state index contributed by atoms with van der Waals surface area (Å²) in [7, 11) is 1.63. The van der Waals surface area contributed by atoms with Crippen LogP contribution in [0.2, 0.25) is 0 Å². The van der Waals surface area contributed by atoms with Crippen LogP contribution in [0.3, 0.4) is 0 Å². The van der Waals surface area contributed by atoms with Gasteiger partial charge in [-0.05, 0) is 29.2 Å². The second-order valence-corrected chi connectivity index (χ2v) is 6.72. The number of nitrogens with two attached hydrogens (primary N) is 1. The van der Waals surface area contributed by atoms with E-state index >= 15 is 0 Å². The topological polar surface area (TPSA) is 68.9 Å². The summed E-state index contributed by atoms with van der Waals surface area (Å²) in [5, 5.41) is 3.04. The quantitative estimate of drug-likeness (QED) is 0.285. The van der Waals surface area contributed by atoms with Crippen molar-refractivity contribution in [2.24, 2.45) is 10.7 Å². The molecule has 2 rings (SSSR count). The van der Waals surface area contributed by atoms with Crippen molar-refractivity contribution in [1.82, 2.24) is 0 Å². The summed E-state index contributed by atoms with van der Waals surface area (Å²) in [6, 6.07) is 15.6. The lowest BCUT2D eigenvalue weighted by atomic mass is 9.86. The van der Waals surface area contributed by atoms with Crippen molar-refractivity contribution in [2.45, 2.75) is 26.2 Å². The van der Waals surface area contributed by atoms with Crippen LogP contribution in [0.1, 0.15) is 26.3 Å². The zero-order chi connectivity index (χ0) is 18.3. The van der Waals surface area contributed by atoms with Crippen LogP contribution in [0.5, 0.6) is 11.5 Å². The zero-order valence-electron chi connectivity index (χ0n) is 15.8. The molecule has 0 heterocycles.